The molecule has 1 aromatic carbocycles. The Labute approximate surface area is 117 Å². The van der Waals surface area contributed by atoms with Crippen molar-refractivity contribution in [1.29, 1.82) is 0 Å². The first kappa shape index (κ1) is 14.5. The Morgan fingerprint density at radius 1 is 1.35 bits per heavy atom. The molecule has 0 aliphatic heterocycles. The number of Topliss-reactive ketones (excluding diaryl/α,β-unsaturated/α-hetero) is 1. The van der Waals surface area contributed by atoms with Gasteiger partial charge in [-0.15, -0.1) is 0 Å². The summed E-state index contributed by atoms with van der Waals surface area (Å²) in [6.07, 6.45) is 1.95. The fourth-order valence-corrected chi connectivity index (χ4v) is 1.96. The van der Waals surface area contributed by atoms with E-state index in [9.17, 15) is 9.59 Å². The summed E-state index contributed by atoms with van der Waals surface area (Å²) in [6, 6.07) is 6.24. The van der Waals surface area contributed by atoms with Crippen LogP contribution in [0.2, 0.25) is 0 Å². The number of benzene rings is 1. The molecule has 2 rings (SSSR count). The van der Waals surface area contributed by atoms with Crippen molar-refractivity contribution in [1.82, 2.24) is 5.32 Å². The van der Waals surface area contributed by atoms with Crippen LogP contribution in [-0.2, 0) is 4.79 Å². The maximum Gasteiger partial charge on any atom is 0.321 e. The molecule has 108 valence electrons. The summed E-state index contributed by atoms with van der Waals surface area (Å²) in [4.78, 5) is 23.2. The van der Waals surface area contributed by atoms with Crippen molar-refractivity contribution in [2.75, 3.05) is 6.61 Å². The Bertz CT molecular complexity index is 479. The molecule has 2 N–H and O–H groups in total. The van der Waals surface area contributed by atoms with Crippen LogP contribution in [0.1, 0.15) is 36.5 Å². The summed E-state index contributed by atoms with van der Waals surface area (Å²) in [5, 5.41) is 12.1. The standard InChI is InChI=1S/C15H19NO4/c1-2-20-12-7-3-10(4-8-12)14(17)9-13(15(18)19)16-11-5-6-11/h3-4,7-8,11,13,16H,2,5-6,9H2,1H3,(H,18,19). The zero-order chi connectivity index (χ0) is 14.5. The number of ether oxygens (including phenoxy) is 1. The number of nitrogens with one attached hydrogen (secondary N) is 1. The van der Waals surface area contributed by atoms with Crippen LogP contribution in [0, 0.1) is 0 Å². The van der Waals surface area contributed by atoms with Gasteiger partial charge in [-0.1, -0.05) is 0 Å². The summed E-state index contributed by atoms with van der Waals surface area (Å²) in [5.41, 5.74) is 0.511. The van der Waals surface area contributed by atoms with Crippen LogP contribution in [0.4, 0.5) is 0 Å². The van der Waals surface area contributed by atoms with E-state index in [0.29, 0.717) is 17.9 Å². The molecule has 5 heteroatoms. The quantitative estimate of drug-likeness (QED) is 0.709. The minimum absolute atomic E-state index is 0.0280. The van der Waals surface area contributed by atoms with E-state index >= 15 is 0 Å². The van der Waals surface area contributed by atoms with Crippen LogP contribution in [0.25, 0.3) is 0 Å². The number of rotatable bonds is 8. The highest BCUT2D eigenvalue weighted by Gasteiger charge is 2.29. The average molecular weight is 277 g/mol. The van der Waals surface area contributed by atoms with Gasteiger partial charge < -0.3 is 15.2 Å². The number of carboxylic acid groups (broad SMARTS) is 1. The molecule has 20 heavy (non-hydrogen) atoms. The van der Waals surface area contributed by atoms with Crippen molar-refractivity contribution in [2.45, 2.75) is 38.3 Å². The highest BCUT2D eigenvalue weighted by Crippen LogP contribution is 2.21. The van der Waals surface area contributed by atoms with E-state index in [4.69, 9.17) is 9.84 Å². The van der Waals surface area contributed by atoms with Crippen LogP contribution >= 0.6 is 0 Å². The Balaban J connectivity index is 1.96. The number of ketones is 1. The van der Waals surface area contributed by atoms with Gasteiger partial charge in [0.15, 0.2) is 5.78 Å². The Hall–Kier alpha value is -1.88. The number of aliphatic carboxylic acids is 1. The summed E-state index contributed by atoms with van der Waals surface area (Å²) in [7, 11) is 0. The molecule has 1 fully saturated rings. The average Bonchev–Trinajstić information content (AvgIpc) is 3.23. The molecule has 0 aromatic heterocycles. The van der Waals surface area contributed by atoms with Crippen molar-refractivity contribution < 1.29 is 19.4 Å². The van der Waals surface area contributed by atoms with Crippen molar-refractivity contribution in [2.24, 2.45) is 0 Å². The number of carbonyl (C=O) groups is 2. The molecule has 1 aromatic rings. The van der Waals surface area contributed by atoms with E-state index < -0.39 is 12.0 Å². The molecule has 0 amide bonds. The summed E-state index contributed by atoms with van der Waals surface area (Å²) < 4.78 is 5.30. The van der Waals surface area contributed by atoms with Crippen LogP contribution < -0.4 is 10.1 Å². The first-order valence-corrected chi connectivity index (χ1v) is 6.85. The molecule has 0 spiro atoms. The lowest BCUT2D eigenvalue weighted by molar-refractivity contribution is -0.139. The molecule has 1 saturated carbocycles. The lowest BCUT2D eigenvalue weighted by Gasteiger charge is -2.13. The molecule has 1 unspecified atom stereocenters. The largest absolute Gasteiger partial charge is 0.494 e. The SMILES string of the molecule is CCOc1ccc(C(=O)CC(NC2CC2)C(=O)O)cc1. The van der Waals surface area contributed by atoms with E-state index in [1.807, 2.05) is 6.92 Å². The van der Waals surface area contributed by atoms with Gasteiger partial charge in [0, 0.05) is 18.0 Å². The second-order valence-corrected chi connectivity index (χ2v) is 4.92. The van der Waals surface area contributed by atoms with Gasteiger partial charge in [0.1, 0.15) is 11.8 Å². The van der Waals surface area contributed by atoms with Crippen molar-refractivity contribution in [3.05, 3.63) is 29.8 Å². The van der Waals surface area contributed by atoms with Gasteiger partial charge in [0.25, 0.3) is 0 Å². The van der Waals surface area contributed by atoms with E-state index in [0.717, 1.165) is 12.8 Å². The lowest BCUT2D eigenvalue weighted by atomic mass is 10.0. The summed E-state index contributed by atoms with van der Waals surface area (Å²) >= 11 is 0. The molecule has 1 aliphatic carbocycles. The second-order valence-electron chi connectivity index (χ2n) is 4.92. The molecule has 0 heterocycles. The van der Waals surface area contributed by atoms with E-state index in [2.05, 4.69) is 5.32 Å². The highest BCUT2D eigenvalue weighted by atomic mass is 16.5. The monoisotopic (exact) mass is 277 g/mol. The fraction of sp³-hybridized carbons (Fsp3) is 0.467. The first-order valence-electron chi connectivity index (χ1n) is 6.85. The first-order chi connectivity index (χ1) is 9.60. The van der Waals surface area contributed by atoms with Crippen molar-refractivity contribution >= 4 is 11.8 Å². The Morgan fingerprint density at radius 2 is 2.00 bits per heavy atom. The van der Waals surface area contributed by atoms with Gasteiger partial charge in [-0.3, -0.25) is 9.59 Å². The number of hydrogen-bond acceptors (Lipinski definition) is 4. The van der Waals surface area contributed by atoms with Gasteiger partial charge in [-0.25, -0.2) is 0 Å². The molecular formula is C15H19NO4. The molecular weight excluding hydrogens is 258 g/mol. The fourth-order valence-electron chi connectivity index (χ4n) is 1.96. The number of carboxylic acids is 1. The molecule has 0 radical (unpaired) electrons. The van der Waals surface area contributed by atoms with Gasteiger partial charge in [0.2, 0.25) is 0 Å². The van der Waals surface area contributed by atoms with Crippen LogP contribution in [0.5, 0.6) is 5.75 Å². The third kappa shape index (κ3) is 4.06. The van der Waals surface area contributed by atoms with Crippen LogP contribution in [-0.4, -0.2) is 35.5 Å². The molecule has 0 bridgehead atoms. The van der Waals surface area contributed by atoms with E-state index in [1.165, 1.54) is 0 Å². The maximum absolute atomic E-state index is 12.1. The Morgan fingerprint density at radius 3 is 2.50 bits per heavy atom. The normalized spacial score (nSPS) is 15.7. The predicted octanol–water partition coefficient (Wildman–Crippen LogP) is 1.86. The second kappa shape index (κ2) is 6.52. The van der Waals surface area contributed by atoms with Gasteiger partial charge >= 0.3 is 5.97 Å². The van der Waals surface area contributed by atoms with Crippen molar-refractivity contribution in [3.63, 3.8) is 0 Å². The molecule has 1 aliphatic rings. The highest BCUT2D eigenvalue weighted by molar-refractivity contribution is 5.98. The van der Waals surface area contributed by atoms with Gasteiger partial charge in [0.05, 0.1) is 6.61 Å². The van der Waals surface area contributed by atoms with Crippen LogP contribution in [0.3, 0.4) is 0 Å². The van der Waals surface area contributed by atoms with Gasteiger partial charge in [-0.2, -0.15) is 0 Å². The maximum atomic E-state index is 12.1. The summed E-state index contributed by atoms with van der Waals surface area (Å²) in [6.45, 7) is 2.46. The predicted molar refractivity (Wildman–Crippen MR) is 74.1 cm³/mol. The molecule has 0 saturated heterocycles. The van der Waals surface area contributed by atoms with Crippen molar-refractivity contribution in [3.8, 4) is 5.75 Å². The number of carbonyl (C=O) groups excluding carboxylic acids is 1. The lowest BCUT2D eigenvalue weighted by Crippen LogP contribution is -2.39. The third-order valence-electron chi connectivity index (χ3n) is 3.19. The zero-order valence-electron chi connectivity index (χ0n) is 11.5. The third-order valence-corrected chi connectivity index (χ3v) is 3.19. The minimum Gasteiger partial charge on any atom is -0.494 e. The molecule has 1 atom stereocenters. The minimum atomic E-state index is -0.976. The van der Waals surface area contributed by atoms with E-state index in [1.54, 1.807) is 24.3 Å². The summed E-state index contributed by atoms with van der Waals surface area (Å²) in [5.74, 6) is -0.445. The van der Waals surface area contributed by atoms with E-state index in [-0.39, 0.29) is 18.2 Å². The number of hydrogen-bond donors (Lipinski definition) is 2. The zero-order valence-corrected chi connectivity index (χ0v) is 11.5. The molecule has 5 nitrogen and oxygen atoms in total. The topological polar surface area (TPSA) is 75.6 Å². The Kier molecular flexibility index (Phi) is 4.74. The van der Waals surface area contributed by atoms with Gasteiger partial charge in [-0.05, 0) is 44.0 Å². The smallest absolute Gasteiger partial charge is 0.321 e. The van der Waals surface area contributed by atoms with Crippen LogP contribution in [0.15, 0.2) is 24.3 Å².